The van der Waals surface area contributed by atoms with Gasteiger partial charge >= 0.3 is 0 Å². The average molecular weight is 196 g/mol. The Morgan fingerprint density at radius 3 is 2.71 bits per heavy atom. The number of hydrogen-bond donors (Lipinski definition) is 1. The molecule has 0 radical (unpaired) electrons. The number of furan rings is 1. The standard InChI is InChI=1S/C9H12N2O3/c1-7(12)11(5-4-10)9(13)8-3-2-6-14-8/h2-3,6H,4-5,10H2,1H3. The van der Waals surface area contributed by atoms with Crippen molar-refractivity contribution in [1.29, 1.82) is 0 Å². The van der Waals surface area contributed by atoms with Crippen molar-refractivity contribution in [3.05, 3.63) is 24.2 Å². The fourth-order valence-electron chi connectivity index (χ4n) is 1.06. The Morgan fingerprint density at radius 2 is 2.29 bits per heavy atom. The normalized spacial score (nSPS) is 9.86. The topological polar surface area (TPSA) is 76.5 Å². The van der Waals surface area contributed by atoms with Gasteiger partial charge in [-0.25, -0.2) is 0 Å². The lowest BCUT2D eigenvalue weighted by atomic mass is 10.3. The van der Waals surface area contributed by atoms with E-state index in [0.29, 0.717) is 0 Å². The molecule has 0 atom stereocenters. The Morgan fingerprint density at radius 1 is 1.57 bits per heavy atom. The highest BCUT2D eigenvalue weighted by molar-refractivity contribution is 6.02. The molecule has 5 heteroatoms. The van der Waals surface area contributed by atoms with Gasteiger partial charge < -0.3 is 10.2 Å². The summed E-state index contributed by atoms with van der Waals surface area (Å²) in [5.74, 6) is -0.640. The zero-order valence-electron chi connectivity index (χ0n) is 7.90. The first-order valence-electron chi connectivity index (χ1n) is 4.23. The van der Waals surface area contributed by atoms with Crippen LogP contribution in [0.2, 0.25) is 0 Å². The Hall–Kier alpha value is -1.62. The fraction of sp³-hybridized carbons (Fsp3) is 0.333. The Kier molecular flexibility index (Phi) is 3.41. The third-order valence-electron chi connectivity index (χ3n) is 1.71. The summed E-state index contributed by atoms with van der Waals surface area (Å²) in [6.45, 7) is 1.76. The van der Waals surface area contributed by atoms with Gasteiger partial charge in [-0.1, -0.05) is 0 Å². The van der Waals surface area contributed by atoms with Crippen molar-refractivity contribution in [2.45, 2.75) is 6.92 Å². The van der Waals surface area contributed by atoms with Crippen LogP contribution in [0, 0.1) is 0 Å². The quantitative estimate of drug-likeness (QED) is 0.750. The molecule has 0 saturated carbocycles. The molecule has 0 bridgehead atoms. The highest BCUT2D eigenvalue weighted by Crippen LogP contribution is 2.05. The van der Waals surface area contributed by atoms with Crippen LogP contribution in [0.25, 0.3) is 0 Å². The Bertz CT molecular complexity index is 319. The van der Waals surface area contributed by atoms with E-state index in [2.05, 4.69) is 0 Å². The smallest absolute Gasteiger partial charge is 0.296 e. The number of carbonyl (C=O) groups is 2. The lowest BCUT2D eigenvalue weighted by Crippen LogP contribution is -2.38. The first-order valence-corrected chi connectivity index (χ1v) is 4.23. The van der Waals surface area contributed by atoms with Crippen molar-refractivity contribution >= 4 is 11.8 Å². The van der Waals surface area contributed by atoms with Crippen LogP contribution in [0.3, 0.4) is 0 Å². The lowest BCUT2D eigenvalue weighted by Gasteiger charge is -2.16. The summed E-state index contributed by atoms with van der Waals surface area (Å²) >= 11 is 0. The summed E-state index contributed by atoms with van der Waals surface area (Å²) in [6.07, 6.45) is 1.38. The van der Waals surface area contributed by atoms with Crippen molar-refractivity contribution in [1.82, 2.24) is 4.90 Å². The number of carbonyl (C=O) groups excluding carboxylic acids is 2. The molecule has 0 fully saturated rings. The second kappa shape index (κ2) is 4.57. The number of amides is 2. The summed E-state index contributed by atoms with van der Waals surface area (Å²) < 4.78 is 4.89. The van der Waals surface area contributed by atoms with Crippen LogP contribution in [0.1, 0.15) is 17.5 Å². The van der Waals surface area contributed by atoms with Gasteiger partial charge in [0.15, 0.2) is 5.76 Å². The van der Waals surface area contributed by atoms with Gasteiger partial charge in [-0.3, -0.25) is 14.5 Å². The van der Waals surface area contributed by atoms with Crippen molar-refractivity contribution < 1.29 is 14.0 Å². The third kappa shape index (κ3) is 2.20. The summed E-state index contributed by atoms with van der Waals surface area (Å²) in [7, 11) is 0. The minimum absolute atomic E-state index is 0.147. The highest BCUT2D eigenvalue weighted by Gasteiger charge is 2.20. The molecule has 1 heterocycles. The molecule has 0 aromatic carbocycles. The molecule has 1 aromatic heterocycles. The van der Waals surface area contributed by atoms with Crippen LogP contribution in [0.5, 0.6) is 0 Å². The van der Waals surface area contributed by atoms with Crippen LogP contribution in [0.15, 0.2) is 22.8 Å². The van der Waals surface area contributed by atoms with Crippen molar-refractivity contribution in [3.8, 4) is 0 Å². The number of nitrogens with two attached hydrogens (primary N) is 1. The molecule has 0 saturated heterocycles. The second-order valence-corrected chi connectivity index (χ2v) is 2.74. The maximum atomic E-state index is 11.6. The second-order valence-electron chi connectivity index (χ2n) is 2.74. The third-order valence-corrected chi connectivity index (χ3v) is 1.71. The van der Waals surface area contributed by atoms with Gasteiger partial charge in [-0.2, -0.15) is 0 Å². The molecule has 2 amide bonds. The molecule has 0 aliphatic carbocycles. The van der Waals surface area contributed by atoms with Crippen LogP contribution >= 0.6 is 0 Å². The largest absolute Gasteiger partial charge is 0.459 e. The van der Waals surface area contributed by atoms with E-state index in [1.807, 2.05) is 0 Å². The lowest BCUT2D eigenvalue weighted by molar-refractivity contribution is -0.126. The highest BCUT2D eigenvalue weighted by atomic mass is 16.3. The molecule has 14 heavy (non-hydrogen) atoms. The molecular weight excluding hydrogens is 184 g/mol. The predicted octanol–water partition coefficient (Wildman–Crippen LogP) is 0.227. The predicted molar refractivity (Wildman–Crippen MR) is 49.5 cm³/mol. The maximum absolute atomic E-state index is 11.6. The first-order chi connectivity index (χ1) is 6.66. The molecule has 2 N–H and O–H groups in total. The van der Waals surface area contributed by atoms with E-state index < -0.39 is 5.91 Å². The molecule has 1 rings (SSSR count). The van der Waals surface area contributed by atoms with Crippen molar-refractivity contribution in [2.24, 2.45) is 5.73 Å². The summed E-state index contributed by atoms with van der Waals surface area (Å²) in [5, 5.41) is 0. The zero-order valence-corrected chi connectivity index (χ0v) is 7.90. The van der Waals surface area contributed by atoms with Crippen molar-refractivity contribution in [3.63, 3.8) is 0 Å². The molecule has 76 valence electrons. The average Bonchev–Trinajstić information content (AvgIpc) is 2.65. The summed E-state index contributed by atoms with van der Waals surface area (Å²) in [4.78, 5) is 23.7. The van der Waals surface area contributed by atoms with E-state index in [4.69, 9.17) is 10.2 Å². The van der Waals surface area contributed by atoms with Gasteiger partial charge in [-0.05, 0) is 12.1 Å². The summed E-state index contributed by atoms with van der Waals surface area (Å²) in [6, 6.07) is 3.10. The Balaban J connectivity index is 2.79. The molecule has 0 aliphatic heterocycles. The molecule has 0 aliphatic rings. The fourth-order valence-corrected chi connectivity index (χ4v) is 1.06. The molecule has 0 spiro atoms. The molecular formula is C9H12N2O3. The molecule has 1 aromatic rings. The maximum Gasteiger partial charge on any atom is 0.296 e. The van der Waals surface area contributed by atoms with Gasteiger partial charge in [0.2, 0.25) is 5.91 Å². The van der Waals surface area contributed by atoms with Crippen LogP contribution in [-0.4, -0.2) is 29.8 Å². The zero-order chi connectivity index (χ0) is 10.6. The SMILES string of the molecule is CC(=O)N(CCN)C(=O)c1ccco1. The minimum atomic E-state index is -0.451. The van der Waals surface area contributed by atoms with E-state index in [-0.39, 0.29) is 24.8 Å². The van der Waals surface area contributed by atoms with E-state index in [9.17, 15) is 9.59 Å². The van der Waals surface area contributed by atoms with Gasteiger partial charge in [0.1, 0.15) is 0 Å². The van der Waals surface area contributed by atoms with Gasteiger partial charge in [0.05, 0.1) is 6.26 Å². The van der Waals surface area contributed by atoms with E-state index in [1.54, 1.807) is 6.07 Å². The van der Waals surface area contributed by atoms with Gasteiger partial charge in [0.25, 0.3) is 5.91 Å². The molecule has 5 nitrogen and oxygen atoms in total. The first kappa shape index (κ1) is 10.5. The van der Waals surface area contributed by atoms with E-state index in [0.717, 1.165) is 4.90 Å². The number of imide groups is 1. The van der Waals surface area contributed by atoms with Gasteiger partial charge in [-0.15, -0.1) is 0 Å². The van der Waals surface area contributed by atoms with E-state index in [1.165, 1.54) is 19.3 Å². The van der Waals surface area contributed by atoms with E-state index >= 15 is 0 Å². The molecule has 0 unspecified atom stereocenters. The van der Waals surface area contributed by atoms with Crippen LogP contribution < -0.4 is 5.73 Å². The van der Waals surface area contributed by atoms with Crippen LogP contribution in [0.4, 0.5) is 0 Å². The van der Waals surface area contributed by atoms with Crippen LogP contribution in [-0.2, 0) is 4.79 Å². The summed E-state index contributed by atoms with van der Waals surface area (Å²) in [5.41, 5.74) is 5.28. The number of nitrogens with zero attached hydrogens (tertiary/aromatic N) is 1. The van der Waals surface area contributed by atoms with Gasteiger partial charge in [0, 0.05) is 20.0 Å². The Labute approximate surface area is 81.5 Å². The minimum Gasteiger partial charge on any atom is -0.459 e. The number of rotatable bonds is 3. The number of hydrogen-bond acceptors (Lipinski definition) is 4. The van der Waals surface area contributed by atoms with Crippen molar-refractivity contribution in [2.75, 3.05) is 13.1 Å². The monoisotopic (exact) mass is 196 g/mol.